The Kier molecular flexibility index (Phi) is 6.42. The van der Waals surface area contributed by atoms with Crippen LogP contribution in [-0.4, -0.2) is 35.0 Å². The van der Waals surface area contributed by atoms with Gasteiger partial charge in [-0.15, -0.1) is 0 Å². The zero-order valence-corrected chi connectivity index (χ0v) is 19.9. The molecule has 0 aliphatic carbocycles. The molecule has 10 heteroatoms. The Morgan fingerprint density at radius 2 is 1.82 bits per heavy atom. The molecular weight excluding hydrogens is 456 g/mol. The number of fused-ring (bicyclic) bond motifs is 1. The summed E-state index contributed by atoms with van der Waals surface area (Å²) in [7, 11) is 2.79. The molecule has 0 N–H and O–H groups in total. The smallest absolute Gasteiger partial charge is 0.286 e. The average molecular weight is 479 g/mol. The lowest BCUT2D eigenvalue weighted by Gasteiger charge is -2.20. The van der Waals surface area contributed by atoms with Crippen LogP contribution in [0.2, 0.25) is 0 Å². The van der Waals surface area contributed by atoms with Crippen LogP contribution in [0.3, 0.4) is 0 Å². The summed E-state index contributed by atoms with van der Waals surface area (Å²) in [4.78, 5) is 35.4. The number of anilines is 1. The van der Waals surface area contributed by atoms with Crippen molar-refractivity contribution >= 4 is 38.3 Å². The zero-order valence-electron chi connectivity index (χ0n) is 19.1. The first kappa shape index (κ1) is 23.1. The van der Waals surface area contributed by atoms with Crippen LogP contribution in [0.25, 0.3) is 10.2 Å². The van der Waals surface area contributed by atoms with Crippen molar-refractivity contribution in [2.75, 3.05) is 19.1 Å². The summed E-state index contributed by atoms with van der Waals surface area (Å²) in [5.41, 5.74) is 3.06. The second kappa shape index (κ2) is 9.44. The molecule has 0 bridgehead atoms. The maximum Gasteiger partial charge on any atom is 0.286 e. The van der Waals surface area contributed by atoms with Crippen LogP contribution in [0.4, 0.5) is 10.8 Å². The third kappa shape index (κ3) is 4.27. The fourth-order valence-electron chi connectivity index (χ4n) is 3.60. The molecule has 174 valence electrons. The second-order valence-corrected chi connectivity index (χ2v) is 8.59. The Bertz CT molecular complexity index is 1350. The predicted octanol–water partition coefficient (Wildman–Crippen LogP) is 5.08. The van der Waals surface area contributed by atoms with Crippen molar-refractivity contribution in [3.05, 3.63) is 81.2 Å². The van der Waals surface area contributed by atoms with Gasteiger partial charge in [-0.3, -0.25) is 24.8 Å². The van der Waals surface area contributed by atoms with Gasteiger partial charge in [0, 0.05) is 18.5 Å². The number of hydrogen-bond donors (Lipinski definition) is 0. The summed E-state index contributed by atoms with van der Waals surface area (Å²) >= 11 is 1.37. The first-order valence-corrected chi connectivity index (χ1v) is 11.1. The van der Waals surface area contributed by atoms with E-state index in [4.69, 9.17) is 14.5 Å². The monoisotopic (exact) mass is 478 g/mol. The lowest BCUT2D eigenvalue weighted by molar-refractivity contribution is -0.385. The van der Waals surface area contributed by atoms with E-state index in [1.54, 1.807) is 18.5 Å². The minimum absolute atomic E-state index is 0.126. The van der Waals surface area contributed by atoms with Gasteiger partial charge in [0.15, 0.2) is 16.6 Å². The highest BCUT2D eigenvalue weighted by atomic mass is 32.1. The molecule has 0 saturated heterocycles. The number of hydrogen-bond acceptors (Lipinski definition) is 8. The lowest BCUT2D eigenvalue weighted by atomic mass is 10.1. The molecule has 1 amide bonds. The van der Waals surface area contributed by atoms with E-state index in [1.807, 2.05) is 32.0 Å². The van der Waals surface area contributed by atoms with Gasteiger partial charge in [0.1, 0.15) is 5.56 Å². The Labute approximate surface area is 199 Å². The van der Waals surface area contributed by atoms with E-state index in [0.29, 0.717) is 5.13 Å². The topological polar surface area (TPSA) is 108 Å². The van der Waals surface area contributed by atoms with Gasteiger partial charge < -0.3 is 9.47 Å². The van der Waals surface area contributed by atoms with Crippen molar-refractivity contribution in [2.45, 2.75) is 20.4 Å². The minimum atomic E-state index is -0.607. The number of thiazole rings is 1. The number of amides is 1. The molecule has 0 radical (unpaired) electrons. The molecule has 34 heavy (non-hydrogen) atoms. The molecule has 0 fully saturated rings. The fraction of sp³-hybridized carbons (Fsp3) is 0.208. The number of aromatic nitrogens is 2. The highest BCUT2D eigenvalue weighted by Gasteiger charge is 2.30. The van der Waals surface area contributed by atoms with Gasteiger partial charge in [0.2, 0.25) is 0 Å². The van der Waals surface area contributed by atoms with Crippen molar-refractivity contribution < 1.29 is 19.2 Å². The van der Waals surface area contributed by atoms with E-state index in [9.17, 15) is 14.9 Å². The van der Waals surface area contributed by atoms with Crippen molar-refractivity contribution in [2.24, 2.45) is 0 Å². The number of rotatable bonds is 7. The molecule has 0 saturated carbocycles. The van der Waals surface area contributed by atoms with E-state index in [0.717, 1.165) is 26.9 Å². The van der Waals surface area contributed by atoms with Crippen LogP contribution in [0.1, 0.15) is 27.0 Å². The predicted molar refractivity (Wildman–Crippen MR) is 130 cm³/mol. The van der Waals surface area contributed by atoms with Crippen LogP contribution < -0.4 is 14.4 Å². The number of benzene rings is 2. The molecular formula is C24H22N4O5S. The summed E-state index contributed by atoms with van der Waals surface area (Å²) in [6, 6.07) is 10.1. The Hall–Kier alpha value is -4.05. The van der Waals surface area contributed by atoms with Gasteiger partial charge in [-0.05, 0) is 36.6 Å². The molecule has 0 spiro atoms. The molecule has 0 aliphatic heterocycles. The van der Waals surface area contributed by atoms with Crippen LogP contribution in [0.15, 0.2) is 48.8 Å². The number of ether oxygens (including phenoxy) is 2. The maximum absolute atomic E-state index is 13.9. The number of aryl methyl sites for hydroxylation is 2. The van der Waals surface area contributed by atoms with E-state index in [-0.39, 0.29) is 29.3 Å². The first-order valence-electron chi connectivity index (χ1n) is 10.3. The Morgan fingerprint density at radius 3 is 2.44 bits per heavy atom. The number of nitro groups is 1. The zero-order chi connectivity index (χ0) is 24.4. The van der Waals surface area contributed by atoms with Crippen LogP contribution in [-0.2, 0) is 6.54 Å². The van der Waals surface area contributed by atoms with Crippen molar-refractivity contribution in [1.29, 1.82) is 0 Å². The number of nitrogens with zero attached hydrogens (tertiary/aromatic N) is 4. The average Bonchev–Trinajstić information content (AvgIpc) is 3.30. The van der Waals surface area contributed by atoms with Crippen LogP contribution in [0, 0.1) is 24.0 Å². The summed E-state index contributed by atoms with van der Waals surface area (Å²) in [6.07, 6.45) is 3.28. The normalized spacial score (nSPS) is 10.8. The fourth-order valence-corrected chi connectivity index (χ4v) is 4.71. The highest BCUT2D eigenvalue weighted by molar-refractivity contribution is 7.22. The number of pyridine rings is 1. The molecule has 2 heterocycles. The van der Waals surface area contributed by atoms with Gasteiger partial charge >= 0.3 is 0 Å². The molecule has 0 unspecified atom stereocenters. The van der Waals surface area contributed by atoms with E-state index < -0.39 is 10.8 Å². The van der Waals surface area contributed by atoms with Crippen molar-refractivity contribution in [3.63, 3.8) is 0 Å². The summed E-state index contributed by atoms with van der Waals surface area (Å²) in [5, 5.41) is 12.3. The van der Waals surface area contributed by atoms with Gasteiger partial charge in [-0.2, -0.15) is 0 Å². The van der Waals surface area contributed by atoms with Gasteiger partial charge in [0.25, 0.3) is 11.6 Å². The molecule has 9 nitrogen and oxygen atoms in total. The lowest BCUT2D eigenvalue weighted by Crippen LogP contribution is -2.31. The van der Waals surface area contributed by atoms with Crippen LogP contribution >= 0.6 is 11.3 Å². The molecule has 2 aromatic heterocycles. The van der Waals surface area contributed by atoms with Gasteiger partial charge in [-0.25, -0.2) is 4.98 Å². The highest BCUT2D eigenvalue weighted by Crippen LogP contribution is 2.38. The van der Waals surface area contributed by atoms with Crippen molar-refractivity contribution in [1.82, 2.24) is 9.97 Å². The third-order valence-electron chi connectivity index (χ3n) is 5.40. The Balaban J connectivity index is 1.90. The van der Waals surface area contributed by atoms with E-state index >= 15 is 0 Å². The summed E-state index contributed by atoms with van der Waals surface area (Å²) in [5.74, 6) is -0.199. The molecule has 4 aromatic rings. The van der Waals surface area contributed by atoms with Gasteiger partial charge in [-0.1, -0.05) is 29.5 Å². The first-order chi connectivity index (χ1) is 16.3. The van der Waals surface area contributed by atoms with Crippen LogP contribution in [0.5, 0.6) is 11.5 Å². The summed E-state index contributed by atoms with van der Waals surface area (Å²) in [6.45, 7) is 4.07. The van der Waals surface area contributed by atoms with Gasteiger partial charge in [0.05, 0.1) is 42.0 Å². The second-order valence-electron chi connectivity index (χ2n) is 7.61. The third-order valence-corrected chi connectivity index (χ3v) is 6.61. The Morgan fingerprint density at radius 1 is 1.12 bits per heavy atom. The molecule has 0 aliphatic rings. The van der Waals surface area contributed by atoms with E-state index in [1.165, 1.54) is 42.6 Å². The number of nitro benzene ring substituents is 1. The number of carbonyl (C=O) groups excluding carboxylic acids is 1. The van der Waals surface area contributed by atoms with E-state index in [2.05, 4.69) is 4.98 Å². The molecule has 2 aromatic carbocycles. The van der Waals surface area contributed by atoms with Crippen molar-refractivity contribution in [3.8, 4) is 11.5 Å². The standard InChI is InChI=1S/C24H22N4O5S/c1-14-7-8-15(2)22-21(14)26-24(34-22)27(13-16-6-5-9-25-12-16)23(29)17-10-19(32-3)20(33-4)11-18(17)28(30)31/h5-12H,13H2,1-4H3. The molecule has 4 rings (SSSR count). The molecule has 0 atom stereocenters. The summed E-state index contributed by atoms with van der Waals surface area (Å²) < 4.78 is 11.5. The SMILES string of the molecule is COc1cc(C(=O)N(Cc2cccnc2)c2nc3c(C)ccc(C)c3s2)c([N+](=O)[O-])cc1OC. The quantitative estimate of drug-likeness (QED) is 0.269. The maximum atomic E-state index is 13.9. The minimum Gasteiger partial charge on any atom is -0.493 e. The largest absolute Gasteiger partial charge is 0.493 e. The number of methoxy groups -OCH3 is 2. The number of carbonyl (C=O) groups is 1.